The number of hydrogen-bond acceptors (Lipinski definition) is 1. The molecule has 4 aliphatic carbocycles. The van der Waals surface area contributed by atoms with Crippen LogP contribution in [0.1, 0.15) is 57.6 Å². The van der Waals surface area contributed by atoms with Gasteiger partial charge in [0.25, 0.3) is 0 Å². The van der Waals surface area contributed by atoms with Crippen LogP contribution in [-0.4, -0.2) is 5.78 Å². The van der Waals surface area contributed by atoms with Crippen molar-refractivity contribution in [1.82, 2.24) is 0 Å². The number of carbonyl (C=O) groups excluding carboxylic acids is 1. The molecule has 1 heteroatoms. The smallest absolute Gasteiger partial charge is 0.167 e. The van der Waals surface area contributed by atoms with Crippen molar-refractivity contribution in [3.63, 3.8) is 0 Å². The molecule has 0 N–H and O–H groups in total. The molecule has 0 heterocycles. The van der Waals surface area contributed by atoms with Crippen LogP contribution in [0.4, 0.5) is 0 Å². The molecule has 0 aromatic heterocycles. The summed E-state index contributed by atoms with van der Waals surface area (Å²) < 4.78 is 0. The van der Waals surface area contributed by atoms with Gasteiger partial charge in [-0.25, -0.2) is 0 Å². The van der Waals surface area contributed by atoms with Crippen molar-refractivity contribution >= 4 is 5.78 Å². The summed E-state index contributed by atoms with van der Waals surface area (Å²) in [6.45, 7) is 0. The van der Waals surface area contributed by atoms with Crippen molar-refractivity contribution in [2.24, 2.45) is 5.92 Å². The zero-order valence-corrected chi connectivity index (χ0v) is 11.3. The summed E-state index contributed by atoms with van der Waals surface area (Å²) in [5, 5.41) is 0. The van der Waals surface area contributed by atoms with Crippen molar-refractivity contribution in [1.29, 1.82) is 0 Å². The third-order valence-electron chi connectivity index (χ3n) is 5.73. The average molecular weight is 260 g/mol. The van der Waals surface area contributed by atoms with Crippen LogP contribution in [-0.2, 0) is 0 Å². The molecule has 0 aliphatic heterocycles. The summed E-state index contributed by atoms with van der Waals surface area (Å²) in [5.74, 6) is 2.04. The highest BCUT2D eigenvalue weighted by molar-refractivity contribution is 6.04. The van der Waals surface area contributed by atoms with Gasteiger partial charge in [-0.2, -0.15) is 0 Å². The first-order valence-electron chi connectivity index (χ1n) is 7.58. The molecule has 6 rings (SSSR count). The highest BCUT2D eigenvalue weighted by Gasteiger charge is 2.54. The van der Waals surface area contributed by atoms with Gasteiger partial charge in [0.1, 0.15) is 0 Å². The standard InChI is InChI=1S/C19H16O/c20-19-16-8-4-3-7-13(16)17-14-9-10-15(18(17)19)12-6-2-1-5-11(12)14/h1-8,14-15,17-18H,9-10H2. The molecule has 4 unspecified atom stereocenters. The van der Waals surface area contributed by atoms with E-state index in [-0.39, 0.29) is 5.92 Å². The molecule has 98 valence electrons. The van der Waals surface area contributed by atoms with E-state index < -0.39 is 0 Å². The highest BCUT2D eigenvalue weighted by Crippen LogP contribution is 2.62. The normalized spacial score (nSPS) is 32.7. The van der Waals surface area contributed by atoms with Gasteiger partial charge in [0.2, 0.25) is 0 Å². The minimum atomic E-state index is 0.209. The number of carbonyl (C=O) groups is 1. The van der Waals surface area contributed by atoms with E-state index >= 15 is 0 Å². The summed E-state index contributed by atoms with van der Waals surface area (Å²) >= 11 is 0. The molecule has 0 amide bonds. The number of rotatable bonds is 0. The Morgan fingerprint density at radius 1 is 0.700 bits per heavy atom. The summed E-state index contributed by atoms with van der Waals surface area (Å²) in [4.78, 5) is 12.8. The SMILES string of the molecule is O=C1c2ccccc2C2C3CCC(c4ccccc43)C12. The number of benzene rings is 2. The van der Waals surface area contributed by atoms with Gasteiger partial charge in [-0.3, -0.25) is 4.79 Å². The quantitative estimate of drug-likeness (QED) is 0.691. The van der Waals surface area contributed by atoms with E-state index in [9.17, 15) is 4.79 Å². The summed E-state index contributed by atoms with van der Waals surface area (Å²) in [6, 6.07) is 17.1. The van der Waals surface area contributed by atoms with Crippen LogP contribution < -0.4 is 0 Å². The average Bonchev–Trinajstić information content (AvgIpc) is 2.84. The van der Waals surface area contributed by atoms with Gasteiger partial charge in [-0.05, 0) is 41.4 Å². The minimum Gasteiger partial charge on any atom is -0.294 e. The summed E-state index contributed by atoms with van der Waals surface area (Å²) in [5.41, 5.74) is 5.26. The lowest BCUT2D eigenvalue weighted by Crippen LogP contribution is -2.36. The topological polar surface area (TPSA) is 17.1 Å². The predicted octanol–water partition coefficient (Wildman–Crippen LogP) is 4.26. The monoisotopic (exact) mass is 260 g/mol. The van der Waals surface area contributed by atoms with Gasteiger partial charge in [0.15, 0.2) is 5.78 Å². The Labute approximate surface area is 118 Å². The van der Waals surface area contributed by atoms with Gasteiger partial charge >= 0.3 is 0 Å². The van der Waals surface area contributed by atoms with Crippen molar-refractivity contribution in [2.45, 2.75) is 30.6 Å². The maximum atomic E-state index is 12.8. The first-order valence-corrected chi connectivity index (χ1v) is 7.58. The fraction of sp³-hybridized carbons (Fsp3) is 0.316. The fourth-order valence-electron chi connectivity index (χ4n) is 5.05. The Balaban J connectivity index is 1.78. The van der Waals surface area contributed by atoms with Crippen molar-refractivity contribution in [2.75, 3.05) is 0 Å². The van der Waals surface area contributed by atoms with Gasteiger partial charge in [-0.1, -0.05) is 48.5 Å². The molecule has 4 atom stereocenters. The van der Waals surface area contributed by atoms with Gasteiger partial charge in [0, 0.05) is 17.4 Å². The molecular weight excluding hydrogens is 244 g/mol. The Kier molecular flexibility index (Phi) is 1.95. The van der Waals surface area contributed by atoms with Crippen LogP contribution in [0, 0.1) is 5.92 Å². The third kappa shape index (κ3) is 1.13. The summed E-state index contributed by atoms with van der Waals surface area (Å²) in [7, 11) is 0. The number of ketones is 1. The highest BCUT2D eigenvalue weighted by atomic mass is 16.1. The second kappa shape index (κ2) is 3.60. The van der Waals surface area contributed by atoms with E-state index in [4.69, 9.17) is 0 Å². The maximum Gasteiger partial charge on any atom is 0.167 e. The Morgan fingerprint density at radius 3 is 1.95 bits per heavy atom. The van der Waals surface area contributed by atoms with Crippen LogP contribution in [0.15, 0.2) is 48.5 Å². The van der Waals surface area contributed by atoms with E-state index in [0.29, 0.717) is 23.5 Å². The van der Waals surface area contributed by atoms with Gasteiger partial charge in [0.05, 0.1) is 0 Å². The largest absolute Gasteiger partial charge is 0.294 e. The molecule has 2 bridgehead atoms. The van der Waals surface area contributed by atoms with Gasteiger partial charge < -0.3 is 0 Å². The second-order valence-electron chi connectivity index (χ2n) is 6.42. The Morgan fingerprint density at radius 2 is 1.25 bits per heavy atom. The predicted molar refractivity (Wildman–Crippen MR) is 78.2 cm³/mol. The minimum absolute atomic E-state index is 0.209. The van der Waals surface area contributed by atoms with E-state index in [2.05, 4.69) is 36.4 Å². The second-order valence-corrected chi connectivity index (χ2v) is 6.42. The Hall–Kier alpha value is -1.89. The number of Topliss-reactive ketones (excluding diaryl/α,β-unsaturated/α-hetero) is 1. The molecule has 0 saturated heterocycles. The zero-order chi connectivity index (χ0) is 13.3. The van der Waals surface area contributed by atoms with Crippen LogP contribution in [0.3, 0.4) is 0 Å². The molecule has 0 radical (unpaired) electrons. The first-order chi connectivity index (χ1) is 9.86. The lowest BCUT2D eigenvalue weighted by atomic mass is 9.56. The molecule has 2 aromatic carbocycles. The molecule has 4 aliphatic rings. The number of hydrogen-bond donors (Lipinski definition) is 0. The molecule has 20 heavy (non-hydrogen) atoms. The summed E-state index contributed by atoms with van der Waals surface area (Å²) in [6.07, 6.45) is 2.42. The lowest BCUT2D eigenvalue weighted by molar-refractivity contribution is 0.0845. The van der Waals surface area contributed by atoms with Gasteiger partial charge in [-0.15, -0.1) is 0 Å². The lowest BCUT2D eigenvalue weighted by Gasteiger charge is -2.46. The third-order valence-corrected chi connectivity index (χ3v) is 5.73. The van der Waals surface area contributed by atoms with E-state index in [1.807, 2.05) is 12.1 Å². The molecule has 0 spiro atoms. The molecule has 2 aromatic rings. The molecule has 1 saturated carbocycles. The van der Waals surface area contributed by atoms with Crippen LogP contribution in [0.25, 0.3) is 0 Å². The van der Waals surface area contributed by atoms with Crippen LogP contribution in [0.5, 0.6) is 0 Å². The number of fused-ring (bicyclic) bond motifs is 2. The maximum absolute atomic E-state index is 12.8. The van der Waals surface area contributed by atoms with E-state index in [1.165, 1.54) is 29.5 Å². The first kappa shape index (κ1) is 10.8. The Bertz CT molecular complexity index is 730. The van der Waals surface area contributed by atoms with E-state index in [0.717, 1.165) is 5.56 Å². The fourth-order valence-corrected chi connectivity index (χ4v) is 5.05. The van der Waals surface area contributed by atoms with Crippen molar-refractivity contribution in [3.8, 4) is 0 Å². The van der Waals surface area contributed by atoms with Crippen molar-refractivity contribution < 1.29 is 4.79 Å². The van der Waals surface area contributed by atoms with Crippen LogP contribution >= 0.6 is 0 Å². The molecule has 1 fully saturated rings. The molecular formula is C19H16O. The van der Waals surface area contributed by atoms with E-state index in [1.54, 1.807) is 0 Å². The van der Waals surface area contributed by atoms with Crippen molar-refractivity contribution in [3.05, 3.63) is 70.8 Å². The molecule has 1 nitrogen and oxygen atoms in total. The zero-order valence-electron chi connectivity index (χ0n) is 11.3. The van der Waals surface area contributed by atoms with Crippen LogP contribution in [0.2, 0.25) is 0 Å².